The number of amides is 1. The van der Waals surface area contributed by atoms with Gasteiger partial charge in [0.1, 0.15) is 5.69 Å². The van der Waals surface area contributed by atoms with Crippen LogP contribution in [0.15, 0.2) is 35.0 Å². The zero-order chi connectivity index (χ0) is 12.7. The summed E-state index contributed by atoms with van der Waals surface area (Å²) in [5.74, 6) is -0.198. The molecule has 4 nitrogen and oxygen atoms in total. The van der Waals surface area contributed by atoms with Crippen molar-refractivity contribution in [2.24, 2.45) is 0 Å². The Morgan fingerprint density at radius 2 is 2.35 bits per heavy atom. The van der Waals surface area contributed by atoms with E-state index in [0.29, 0.717) is 25.5 Å². The summed E-state index contributed by atoms with van der Waals surface area (Å²) in [6.07, 6.45) is 1.59. The molecule has 92 valence electrons. The average molecular weight is 299 g/mol. The maximum Gasteiger partial charge on any atom is 0.269 e. The third-order valence-corrected chi connectivity index (χ3v) is 2.31. The highest BCUT2D eigenvalue weighted by molar-refractivity contribution is 9.10. The number of rotatable bonds is 6. The quantitative estimate of drug-likeness (QED) is 0.647. The van der Waals surface area contributed by atoms with E-state index in [2.05, 4.69) is 32.8 Å². The van der Waals surface area contributed by atoms with Gasteiger partial charge in [-0.1, -0.05) is 12.2 Å². The van der Waals surface area contributed by atoms with Gasteiger partial charge in [0.05, 0.1) is 13.2 Å². The molecular weight excluding hydrogens is 284 g/mol. The summed E-state index contributed by atoms with van der Waals surface area (Å²) in [5, 5.41) is 2.72. The number of halogens is 1. The van der Waals surface area contributed by atoms with Crippen LogP contribution in [0, 0.1) is 0 Å². The molecule has 0 saturated heterocycles. The molecule has 1 heterocycles. The van der Waals surface area contributed by atoms with E-state index < -0.39 is 0 Å². The highest BCUT2D eigenvalue weighted by Crippen LogP contribution is 2.06. The van der Waals surface area contributed by atoms with Crippen LogP contribution in [0.1, 0.15) is 17.4 Å². The molecule has 1 aromatic heterocycles. The Balaban J connectivity index is 2.25. The minimum atomic E-state index is -0.198. The number of nitrogens with one attached hydrogen (secondary N) is 1. The van der Waals surface area contributed by atoms with Crippen LogP contribution in [0.4, 0.5) is 0 Å². The number of hydrogen-bond donors (Lipinski definition) is 1. The Morgan fingerprint density at radius 3 is 2.94 bits per heavy atom. The van der Waals surface area contributed by atoms with Crippen molar-refractivity contribution >= 4 is 21.8 Å². The second-order valence-corrected chi connectivity index (χ2v) is 4.54. The zero-order valence-corrected chi connectivity index (χ0v) is 11.3. The van der Waals surface area contributed by atoms with Gasteiger partial charge in [-0.2, -0.15) is 0 Å². The van der Waals surface area contributed by atoms with Crippen LogP contribution in [-0.4, -0.2) is 30.6 Å². The fraction of sp³-hybridized carbons (Fsp3) is 0.333. The Morgan fingerprint density at radius 1 is 1.59 bits per heavy atom. The summed E-state index contributed by atoms with van der Waals surface area (Å²) in [4.78, 5) is 15.6. The Kier molecular flexibility index (Phi) is 5.86. The number of nitrogens with zero attached hydrogens (tertiary/aromatic N) is 1. The fourth-order valence-electron chi connectivity index (χ4n) is 1.08. The van der Waals surface area contributed by atoms with Gasteiger partial charge in [0.2, 0.25) is 0 Å². The van der Waals surface area contributed by atoms with Crippen LogP contribution in [0.3, 0.4) is 0 Å². The number of aromatic nitrogens is 1. The lowest BCUT2D eigenvalue weighted by molar-refractivity contribution is 0.0922. The fourth-order valence-corrected chi connectivity index (χ4v) is 1.32. The van der Waals surface area contributed by atoms with E-state index in [1.165, 1.54) is 0 Å². The second-order valence-electron chi connectivity index (χ2n) is 3.63. The topological polar surface area (TPSA) is 51.2 Å². The highest BCUT2D eigenvalue weighted by Gasteiger charge is 2.05. The third-order valence-electron chi connectivity index (χ3n) is 1.84. The van der Waals surface area contributed by atoms with E-state index in [0.717, 1.165) is 10.0 Å². The molecule has 1 rings (SSSR count). The molecular formula is C12H15BrN2O2. The van der Waals surface area contributed by atoms with Crippen LogP contribution in [0.25, 0.3) is 0 Å². The summed E-state index contributed by atoms with van der Waals surface area (Å²) >= 11 is 3.26. The van der Waals surface area contributed by atoms with Gasteiger partial charge in [-0.25, -0.2) is 4.98 Å². The number of carbonyl (C=O) groups is 1. The van der Waals surface area contributed by atoms with Crippen LogP contribution in [0.5, 0.6) is 0 Å². The third kappa shape index (κ3) is 5.60. The molecule has 1 N–H and O–H groups in total. The maximum atomic E-state index is 11.6. The van der Waals surface area contributed by atoms with Gasteiger partial charge in [0, 0.05) is 17.2 Å². The van der Waals surface area contributed by atoms with Crippen molar-refractivity contribution in [3.8, 4) is 0 Å². The van der Waals surface area contributed by atoms with Crippen molar-refractivity contribution in [3.63, 3.8) is 0 Å². The largest absolute Gasteiger partial charge is 0.375 e. The van der Waals surface area contributed by atoms with Crippen molar-refractivity contribution in [3.05, 3.63) is 40.6 Å². The summed E-state index contributed by atoms with van der Waals surface area (Å²) in [6, 6.07) is 3.44. The highest BCUT2D eigenvalue weighted by atomic mass is 79.9. The van der Waals surface area contributed by atoms with Crippen molar-refractivity contribution < 1.29 is 9.53 Å². The Labute approximate surface area is 109 Å². The lowest BCUT2D eigenvalue weighted by atomic mass is 10.3. The molecule has 1 amide bonds. The lowest BCUT2D eigenvalue weighted by Gasteiger charge is -2.05. The van der Waals surface area contributed by atoms with Gasteiger partial charge in [0.25, 0.3) is 5.91 Å². The first-order chi connectivity index (χ1) is 8.09. The van der Waals surface area contributed by atoms with Crippen molar-refractivity contribution in [1.82, 2.24) is 10.3 Å². The Bertz CT molecular complexity index is 390. The van der Waals surface area contributed by atoms with Crippen LogP contribution >= 0.6 is 15.9 Å². The molecule has 0 fully saturated rings. The van der Waals surface area contributed by atoms with E-state index in [-0.39, 0.29) is 5.91 Å². The summed E-state index contributed by atoms with van der Waals surface area (Å²) in [5.41, 5.74) is 1.36. The van der Waals surface area contributed by atoms with Crippen LogP contribution in [0.2, 0.25) is 0 Å². The Hall–Kier alpha value is -1.20. The molecule has 0 spiro atoms. The van der Waals surface area contributed by atoms with Gasteiger partial charge in [-0.15, -0.1) is 0 Å². The minimum absolute atomic E-state index is 0.198. The lowest BCUT2D eigenvalue weighted by Crippen LogP contribution is -2.28. The first-order valence-corrected chi connectivity index (χ1v) is 6.01. The monoisotopic (exact) mass is 298 g/mol. The molecule has 0 aliphatic carbocycles. The zero-order valence-electron chi connectivity index (χ0n) is 9.70. The molecule has 0 saturated carbocycles. The molecule has 0 atom stereocenters. The standard InChI is InChI=1S/C12H15BrN2O2/c1-9(2)8-17-6-5-14-12(16)11-4-3-10(13)7-15-11/h3-4,7H,1,5-6,8H2,2H3,(H,14,16). The molecule has 0 radical (unpaired) electrons. The second kappa shape index (κ2) is 7.19. The first kappa shape index (κ1) is 13.9. The first-order valence-electron chi connectivity index (χ1n) is 5.21. The predicted molar refractivity (Wildman–Crippen MR) is 69.9 cm³/mol. The van der Waals surface area contributed by atoms with E-state index in [4.69, 9.17) is 4.74 Å². The van der Waals surface area contributed by atoms with E-state index in [9.17, 15) is 4.79 Å². The van der Waals surface area contributed by atoms with Crippen LogP contribution in [-0.2, 0) is 4.74 Å². The predicted octanol–water partition coefficient (Wildman–Crippen LogP) is 2.17. The average Bonchev–Trinajstić information content (AvgIpc) is 2.29. The minimum Gasteiger partial charge on any atom is -0.375 e. The molecule has 0 aromatic carbocycles. The van der Waals surface area contributed by atoms with Crippen molar-refractivity contribution in [2.75, 3.05) is 19.8 Å². The van der Waals surface area contributed by atoms with E-state index in [1.807, 2.05) is 6.92 Å². The maximum absolute atomic E-state index is 11.6. The van der Waals surface area contributed by atoms with Crippen molar-refractivity contribution in [2.45, 2.75) is 6.92 Å². The van der Waals surface area contributed by atoms with Gasteiger partial charge in [-0.3, -0.25) is 4.79 Å². The summed E-state index contributed by atoms with van der Waals surface area (Å²) in [7, 11) is 0. The van der Waals surface area contributed by atoms with Gasteiger partial charge >= 0.3 is 0 Å². The SMILES string of the molecule is C=C(C)COCCNC(=O)c1ccc(Br)cn1. The molecule has 1 aromatic rings. The van der Waals surface area contributed by atoms with Gasteiger partial charge in [0.15, 0.2) is 0 Å². The number of pyridine rings is 1. The molecule has 0 bridgehead atoms. The van der Waals surface area contributed by atoms with E-state index >= 15 is 0 Å². The molecule has 17 heavy (non-hydrogen) atoms. The van der Waals surface area contributed by atoms with Crippen LogP contribution < -0.4 is 5.32 Å². The van der Waals surface area contributed by atoms with E-state index in [1.54, 1.807) is 18.3 Å². The van der Waals surface area contributed by atoms with Crippen molar-refractivity contribution in [1.29, 1.82) is 0 Å². The number of ether oxygens (including phenoxy) is 1. The molecule has 5 heteroatoms. The van der Waals surface area contributed by atoms with Gasteiger partial charge < -0.3 is 10.1 Å². The molecule has 0 aliphatic heterocycles. The van der Waals surface area contributed by atoms with Gasteiger partial charge in [-0.05, 0) is 35.0 Å². The number of hydrogen-bond acceptors (Lipinski definition) is 3. The number of carbonyl (C=O) groups excluding carboxylic acids is 1. The smallest absolute Gasteiger partial charge is 0.269 e. The molecule has 0 aliphatic rings. The normalized spacial score (nSPS) is 10.0. The summed E-state index contributed by atoms with van der Waals surface area (Å²) < 4.78 is 6.10. The molecule has 0 unspecified atom stereocenters. The summed E-state index contributed by atoms with van der Waals surface area (Å²) in [6.45, 7) is 7.06.